The molecule has 0 bridgehead atoms. The Labute approximate surface area is 168 Å². The molecule has 4 rings (SSSR count). The molecule has 0 aliphatic carbocycles. The molecule has 2 amide bonds. The smallest absolute Gasteiger partial charge is 0.266 e. The molecule has 0 spiro atoms. The fourth-order valence-corrected chi connectivity index (χ4v) is 3.17. The molecule has 1 heterocycles. The maximum atomic E-state index is 13.0. The molecule has 3 aromatic rings. The van der Waals surface area contributed by atoms with E-state index < -0.39 is 0 Å². The van der Waals surface area contributed by atoms with Gasteiger partial charge in [-0.15, -0.1) is 0 Å². The molecule has 2 N–H and O–H groups in total. The van der Waals surface area contributed by atoms with Gasteiger partial charge in [0.05, 0.1) is 24.0 Å². The zero-order valence-corrected chi connectivity index (χ0v) is 15.8. The number of fused-ring (bicyclic) bond motifs is 1. The van der Waals surface area contributed by atoms with Crippen LogP contribution in [0.4, 0.5) is 17.1 Å². The van der Waals surface area contributed by atoms with Crippen molar-refractivity contribution in [1.29, 1.82) is 0 Å². The summed E-state index contributed by atoms with van der Waals surface area (Å²) in [7, 11) is 1.57. The quantitative estimate of drug-likeness (QED) is 0.694. The van der Waals surface area contributed by atoms with Gasteiger partial charge >= 0.3 is 0 Å². The molecule has 144 valence electrons. The molecule has 0 fully saturated rings. The fraction of sp³-hybridized carbons (Fsp3) is 0.0435. The first-order valence-electron chi connectivity index (χ1n) is 9.02. The second kappa shape index (κ2) is 7.52. The summed E-state index contributed by atoms with van der Waals surface area (Å²) in [5, 5.41) is 6.00. The summed E-state index contributed by atoms with van der Waals surface area (Å²) in [5.41, 5.74) is 2.97. The Balaban J connectivity index is 1.58. The second-order valence-corrected chi connectivity index (χ2v) is 6.49. The highest BCUT2D eigenvalue weighted by Gasteiger charge is 2.28. The highest BCUT2D eigenvalue weighted by Crippen LogP contribution is 2.31. The Morgan fingerprint density at radius 2 is 1.79 bits per heavy atom. The van der Waals surface area contributed by atoms with Crippen molar-refractivity contribution >= 4 is 28.9 Å². The van der Waals surface area contributed by atoms with Crippen LogP contribution < -0.4 is 20.3 Å². The van der Waals surface area contributed by atoms with E-state index in [0.717, 1.165) is 5.69 Å². The van der Waals surface area contributed by atoms with E-state index in [2.05, 4.69) is 17.2 Å². The first-order valence-corrected chi connectivity index (χ1v) is 9.02. The minimum Gasteiger partial charge on any atom is -0.497 e. The van der Waals surface area contributed by atoms with Gasteiger partial charge in [-0.05, 0) is 54.6 Å². The van der Waals surface area contributed by atoms with E-state index in [1.165, 1.54) is 4.90 Å². The predicted octanol–water partition coefficient (Wildman–Crippen LogP) is 4.49. The third-order valence-electron chi connectivity index (χ3n) is 4.62. The van der Waals surface area contributed by atoms with Gasteiger partial charge < -0.3 is 15.4 Å². The van der Waals surface area contributed by atoms with Crippen LogP contribution in [0.1, 0.15) is 20.7 Å². The molecule has 6 heteroatoms. The van der Waals surface area contributed by atoms with Crippen molar-refractivity contribution in [3.8, 4) is 5.75 Å². The van der Waals surface area contributed by atoms with E-state index >= 15 is 0 Å². The molecule has 1 aliphatic rings. The van der Waals surface area contributed by atoms with Gasteiger partial charge in [-0.1, -0.05) is 24.8 Å². The van der Waals surface area contributed by atoms with Crippen LogP contribution in [-0.4, -0.2) is 18.9 Å². The summed E-state index contributed by atoms with van der Waals surface area (Å²) in [6.45, 7) is 3.97. The number of carbonyl (C=O) groups is 2. The SMILES string of the molecule is C=C1Nc2ccccc2C(=O)N1c1cccc(NC(=O)c2ccc(OC)cc2)c1. The summed E-state index contributed by atoms with van der Waals surface area (Å²) >= 11 is 0. The number of anilines is 3. The number of amides is 2. The van der Waals surface area contributed by atoms with Gasteiger partial charge in [0.15, 0.2) is 0 Å². The normalized spacial score (nSPS) is 12.8. The zero-order chi connectivity index (χ0) is 20.4. The van der Waals surface area contributed by atoms with Gasteiger partial charge in [0, 0.05) is 11.3 Å². The van der Waals surface area contributed by atoms with E-state index in [0.29, 0.717) is 34.1 Å². The largest absolute Gasteiger partial charge is 0.497 e. The van der Waals surface area contributed by atoms with E-state index in [1.54, 1.807) is 61.7 Å². The van der Waals surface area contributed by atoms with Crippen molar-refractivity contribution < 1.29 is 14.3 Å². The van der Waals surface area contributed by atoms with Crippen LogP contribution in [0.2, 0.25) is 0 Å². The lowest BCUT2D eigenvalue weighted by molar-refractivity contribution is 0.0992. The Hall–Kier alpha value is -4.06. The minimum atomic E-state index is -0.253. The van der Waals surface area contributed by atoms with Gasteiger partial charge in [-0.3, -0.25) is 14.5 Å². The molecule has 1 aliphatic heterocycles. The third kappa shape index (κ3) is 3.55. The fourth-order valence-electron chi connectivity index (χ4n) is 3.17. The molecule has 3 aromatic carbocycles. The lowest BCUT2D eigenvalue weighted by Gasteiger charge is -2.31. The van der Waals surface area contributed by atoms with Gasteiger partial charge in [0.1, 0.15) is 11.6 Å². The number of ether oxygens (including phenoxy) is 1. The van der Waals surface area contributed by atoms with E-state index in [1.807, 2.05) is 18.2 Å². The highest BCUT2D eigenvalue weighted by atomic mass is 16.5. The molecule has 29 heavy (non-hydrogen) atoms. The summed E-state index contributed by atoms with van der Waals surface area (Å²) in [6, 6.07) is 21.2. The number of hydrogen-bond acceptors (Lipinski definition) is 4. The van der Waals surface area contributed by atoms with Gasteiger partial charge in [-0.2, -0.15) is 0 Å². The number of nitrogens with one attached hydrogen (secondary N) is 2. The number of carbonyl (C=O) groups excluding carboxylic acids is 2. The molecule has 0 radical (unpaired) electrons. The third-order valence-corrected chi connectivity index (χ3v) is 4.62. The molecule has 0 unspecified atom stereocenters. The molecular formula is C23H19N3O3. The topological polar surface area (TPSA) is 70.7 Å². The maximum Gasteiger partial charge on any atom is 0.266 e. The Morgan fingerprint density at radius 3 is 2.55 bits per heavy atom. The average Bonchev–Trinajstić information content (AvgIpc) is 2.74. The van der Waals surface area contributed by atoms with Crippen molar-refractivity contribution in [2.75, 3.05) is 22.6 Å². The van der Waals surface area contributed by atoms with Crippen LogP contribution in [0.3, 0.4) is 0 Å². The number of methoxy groups -OCH3 is 1. The molecule has 0 aromatic heterocycles. The Kier molecular flexibility index (Phi) is 4.75. The van der Waals surface area contributed by atoms with Crippen LogP contribution in [0, 0.1) is 0 Å². The van der Waals surface area contributed by atoms with Crippen LogP contribution in [0.5, 0.6) is 5.75 Å². The number of para-hydroxylation sites is 1. The monoisotopic (exact) mass is 385 g/mol. The summed E-state index contributed by atoms with van der Waals surface area (Å²) in [6.07, 6.45) is 0. The number of rotatable bonds is 4. The van der Waals surface area contributed by atoms with Gasteiger partial charge in [0.25, 0.3) is 11.8 Å². The maximum absolute atomic E-state index is 13.0. The van der Waals surface area contributed by atoms with Crippen LogP contribution >= 0.6 is 0 Å². The standard InChI is InChI=1S/C23H19N3O3/c1-15-24-21-9-4-3-8-20(21)23(28)26(15)18-7-5-6-17(14-18)25-22(27)16-10-12-19(29-2)13-11-16/h3-14,24H,1H2,2H3,(H,25,27). The Morgan fingerprint density at radius 1 is 1.03 bits per heavy atom. The molecule has 0 saturated carbocycles. The van der Waals surface area contributed by atoms with Crippen molar-refractivity contribution in [2.45, 2.75) is 0 Å². The van der Waals surface area contributed by atoms with Crippen LogP contribution in [-0.2, 0) is 0 Å². The van der Waals surface area contributed by atoms with E-state index in [4.69, 9.17) is 4.74 Å². The van der Waals surface area contributed by atoms with Crippen molar-refractivity contribution in [1.82, 2.24) is 0 Å². The summed E-state index contributed by atoms with van der Waals surface area (Å²) < 4.78 is 5.11. The number of nitrogens with zero attached hydrogens (tertiary/aromatic N) is 1. The zero-order valence-electron chi connectivity index (χ0n) is 15.8. The van der Waals surface area contributed by atoms with E-state index in [-0.39, 0.29) is 11.8 Å². The number of hydrogen-bond donors (Lipinski definition) is 2. The highest BCUT2D eigenvalue weighted by molar-refractivity contribution is 6.14. The molecular weight excluding hydrogens is 366 g/mol. The van der Waals surface area contributed by atoms with Crippen molar-refractivity contribution in [3.05, 3.63) is 96.3 Å². The first-order chi connectivity index (χ1) is 14.1. The predicted molar refractivity (Wildman–Crippen MR) is 113 cm³/mol. The van der Waals surface area contributed by atoms with Crippen LogP contribution in [0.25, 0.3) is 0 Å². The average molecular weight is 385 g/mol. The van der Waals surface area contributed by atoms with Gasteiger partial charge in [0.2, 0.25) is 0 Å². The number of benzene rings is 3. The molecule has 0 saturated heterocycles. The summed E-state index contributed by atoms with van der Waals surface area (Å²) in [4.78, 5) is 27.0. The van der Waals surface area contributed by atoms with Gasteiger partial charge in [-0.25, -0.2) is 0 Å². The van der Waals surface area contributed by atoms with E-state index in [9.17, 15) is 9.59 Å². The Bertz CT molecular complexity index is 1110. The molecule has 6 nitrogen and oxygen atoms in total. The molecule has 0 atom stereocenters. The van der Waals surface area contributed by atoms with Crippen LogP contribution in [0.15, 0.2) is 85.2 Å². The first kappa shape index (κ1) is 18.3. The second-order valence-electron chi connectivity index (χ2n) is 6.49. The summed E-state index contributed by atoms with van der Waals surface area (Å²) in [5.74, 6) is 0.700. The lowest BCUT2D eigenvalue weighted by Crippen LogP contribution is -2.37. The van der Waals surface area contributed by atoms with Crippen molar-refractivity contribution in [2.24, 2.45) is 0 Å². The minimum absolute atomic E-state index is 0.178. The lowest BCUT2D eigenvalue weighted by atomic mass is 10.1. The van der Waals surface area contributed by atoms with Crippen molar-refractivity contribution in [3.63, 3.8) is 0 Å².